The van der Waals surface area contributed by atoms with E-state index in [1.807, 2.05) is 6.07 Å². The van der Waals surface area contributed by atoms with Crippen molar-refractivity contribution in [3.05, 3.63) is 33.3 Å². The standard InChI is InChI=1S/C17H25BrClN/c1-3-9-20-17(13-6-4-5-12(2)10-13)15-11-14(19)7-8-16(15)18/h7-8,11-13,17,20H,3-6,9-10H2,1-2H3. The van der Waals surface area contributed by atoms with Crippen LogP contribution in [0.1, 0.15) is 57.6 Å². The molecule has 3 heteroatoms. The topological polar surface area (TPSA) is 12.0 Å². The van der Waals surface area contributed by atoms with Crippen LogP contribution in [0.3, 0.4) is 0 Å². The third-order valence-corrected chi connectivity index (χ3v) is 5.31. The van der Waals surface area contributed by atoms with Crippen molar-refractivity contribution in [2.45, 2.75) is 52.0 Å². The Hall–Kier alpha value is -0.0500. The van der Waals surface area contributed by atoms with Crippen molar-refractivity contribution in [3.63, 3.8) is 0 Å². The second-order valence-corrected chi connectivity index (χ2v) is 7.42. The van der Waals surface area contributed by atoms with Crippen LogP contribution in [0.25, 0.3) is 0 Å². The predicted octanol–water partition coefficient (Wildman–Crippen LogP) is 5.97. The molecule has 3 atom stereocenters. The van der Waals surface area contributed by atoms with Crippen molar-refractivity contribution < 1.29 is 0 Å². The summed E-state index contributed by atoms with van der Waals surface area (Å²) in [6, 6.07) is 6.57. The summed E-state index contributed by atoms with van der Waals surface area (Å²) in [6.07, 6.45) is 6.55. The van der Waals surface area contributed by atoms with Gasteiger partial charge >= 0.3 is 0 Å². The fraction of sp³-hybridized carbons (Fsp3) is 0.647. The van der Waals surface area contributed by atoms with Gasteiger partial charge in [0.25, 0.3) is 0 Å². The SMILES string of the molecule is CCCNC(c1cc(Cl)ccc1Br)C1CCCC(C)C1. The maximum Gasteiger partial charge on any atom is 0.0410 e. The summed E-state index contributed by atoms with van der Waals surface area (Å²) >= 11 is 9.92. The van der Waals surface area contributed by atoms with Crippen LogP contribution in [0.4, 0.5) is 0 Å². The third kappa shape index (κ3) is 4.22. The lowest BCUT2D eigenvalue weighted by Crippen LogP contribution is -2.32. The summed E-state index contributed by atoms with van der Waals surface area (Å²) in [5.41, 5.74) is 1.32. The molecule has 0 aromatic heterocycles. The van der Waals surface area contributed by atoms with Gasteiger partial charge in [-0.25, -0.2) is 0 Å². The lowest BCUT2D eigenvalue weighted by atomic mass is 9.76. The van der Waals surface area contributed by atoms with E-state index in [-0.39, 0.29) is 0 Å². The van der Waals surface area contributed by atoms with Crippen molar-refractivity contribution >= 4 is 27.5 Å². The molecule has 1 aromatic carbocycles. The van der Waals surface area contributed by atoms with Crippen molar-refractivity contribution in [2.24, 2.45) is 11.8 Å². The Bertz CT molecular complexity index is 435. The molecule has 0 radical (unpaired) electrons. The molecule has 0 bridgehead atoms. The van der Waals surface area contributed by atoms with Crippen LogP contribution < -0.4 is 5.32 Å². The van der Waals surface area contributed by atoms with Gasteiger partial charge in [-0.3, -0.25) is 0 Å². The fourth-order valence-corrected chi connectivity index (χ4v) is 4.04. The Balaban J connectivity index is 2.23. The summed E-state index contributed by atoms with van der Waals surface area (Å²) in [6.45, 7) is 5.67. The molecule has 0 aliphatic heterocycles. The fourth-order valence-electron chi connectivity index (χ4n) is 3.37. The number of benzene rings is 1. The van der Waals surface area contributed by atoms with E-state index in [2.05, 4.69) is 47.2 Å². The Labute approximate surface area is 136 Å². The van der Waals surface area contributed by atoms with Crippen molar-refractivity contribution in [3.8, 4) is 0 Å². The molecule has 1 aliphatic carbocycles. The minimum atomic E-state index is 0.422. The molecule has 0 spiro atoms. The van der Waals surface area contributed by atoms with Gasteiger partial charge < -0.3 is 5.32 Å². The number of nitrogens with one attached hydrogen (secondary N) is 1. The van der Waals surface area contributed by atoms with Gasteiger partial charge in [0.05, 0.1) is 0 Å². The number of hydrogen-bond donors (Lipinski definition) is 1. The molecule has 0 saturated heterocycles. The average molecular weight is 359 g/mol. The highest BCUT2D eigenvalue weighted by Crippen LogP contribution is 2.39. The van der Waals surface area contributed by atoms with Gasteiger partial charge in [0.1, 0.15) is 0 Å². The van der Waals surface area contributed by atoms with Crippen molar-refractivity contribution in [2.75, 3.05) is 6.54 Å². The zero-order chi connectivity index (χ0) is 14.5. The van der Waals surface area contributed by atoms with E-state index in [1.54, 1.807) is 0 Å². The van der Waals surface area contributed by atoms with Crippen LogP contribution in [-0.2, 0) is 0 Å². The molecule has 2 rings (SSSR count). The van der Waals surface area contributed by atoms with Gasteiger partial charge in [-0.2, -0.15) is 0 Å². The Morgan fingerprint density at radius 1 is 1.40 bits per heavy atom. The van der Waals surface area contributed by atoms with Crippen LogP contribution in [0.15, 0.2) is 22.7 Å². The maximum absolute atomic E-state index is 6.21. The molecule has 1 fully saturated rings. The lowest BCUT2D eigenvalue weighted by molar-refractivity contribution is 0.223. The first-order valence-electron chi connectivity index (χ1n) is 7.80. The third-order valence-electron chi connectivity index (χ3n) is 4.36. The first kappa shape index (κ1) is 16.3. The molecule has 0 amide bonds. The number of hydrogen-bond acceptors (Lipinski definition) is 1. The molecule has 0 heterocycles. The molecule has 1 aromatic rings. The average Bonchev–Trinajstić information content (AvgIpc) is 2.43. The first-order valence-corrected chi connectivity index (χ1v) is 8.97. The summed E-state index contributed by atoms with van der Waals surface area (Å²) in [5.74, 6) is 1.57. The second-order valence-electron chi connectivity index (χ2n) is 6.13. The zero-order valence-electron chi connectivity index (χ0n) is 12.5. The normalized spacial score (nSPS) is 24.6. The van der Waals surface area contributed by atoms with Crippen LogP contribution in [0.5, 0.6) is 0 Å². The second kappa shape index (κ2) is 7.82. The summed E-state index contributed by atoms with van der Waals surface area (Å²) in [4.78, 5) is 0. The lowest BCUT2D eigenvalue weighted by Gasteiger charge is -2.34. The van der Waals surface area contributed by atoms with Gasteiger partial charge in [-0.1, -0.05) is 54.2 Å². The molecule has 1 nitrogen and oxygen atoms in total. The van der Waals surface area contributed by atoms with Crippen LogP contribution in [0, 0.1) is 11.8 Å². The van der Waals surface area contributed by atoms with Crippen molar-refractivity contribution in [1.29, 1.82) is 0 Å². The molecule has 3 unspecified atom stereocenters. The molecule has 1 N–H and O–H groups in total. The van der Waals surface area contributed by atoms with E-state index >= 15 is 0 Å². The monoisotopic (exact) mass is 357 g/mol. The summed E-state index contributed by atoms with van der Waals surface area (Å²) in [5, 5.41) is 4.58. The molecule has 112 valence electrons. The predicted molar refractivity (Wildman–Crippen MR) is 91.3 cm³/mol. The Morgan fingerprint density at radius 3 is 2.90 bits per heavy atom. The van der Waals surface area contributed by atoms with E-state index in [4.69, 9.17) is 11.6 Å². The van der Waals surface area contributed by atoms with Crippen LogP contribution in [-0.4, -0.2) is 6.54 Å². The van der Waals surface area contributed by atoms with E-state index in [9.17, 15) is 0 Å². The number of halogens is 2. The first-order chi connectivity index (χ1) is 9.61. The minimum Gasteiger partial charge on any atom is -0.310 e. The van der Waals surface area contributed by atoms with Gasteiger partial charge in [0, 0.05) is 15.5 Å². The molecule has 20 heavy (non-hydrogen) atoms. The maximum atomic E-state index is 6.21. The van der Waals surface area contributed by atoms with Gasteiger partial charge in [0.2, 0.25) is 0 Å². The highest BCUT2D eigenvalue weighted by atomic mass is 79.9. The van der Waals surface area contributed by atoms with Crippen LogP contribution >= 0.6 is 27.5 Å². The highest BCUT2D eigenvalue weighted by Gasteiger charge is 2.28. The van der Waals surface area contributed by atoms with E-state index in [0.717, 1.165) is 29.8 Å². The number of rotatable bonds is 5. The van der Waals surface area contributed by atoms with Crippen molar-refractivity contribution in [1.82, 2.24) is 5.32 Å². The van der Waals surface area contributed by atoms with Gasteiger partial charge in [0.15, 0.2) is 0 Å². The molecule has 1 saturated carbocycles. The van der Waals surface area contributed by atoms with Gasteiger partial charge in [-0.05, 0) is 61.4 Å². The Kier molecular flexibility index (Phi) is 6.38. The highest BCUT2D eigenvalue weighted by molar-refractivity contribution is 9.10. The zero-order valence-corrected chi connectivity index (χ0v) is 14.8. The quantitative estimate of drug-likeness (QED) is 0.683. The molecule has 1 aliphatic rings. The largest absolute Gasteiger partial charge is 0.310 e. The smallest absolute Gasteiger partial charge is 0.0410 e. The minimum absolute atomic E-state index is 0.422. The van der Waals surface area contributed by atoms with E-state index in [0.29, 0.717) is 6.04 Å². The Morgan fingerprint density at radius 2 is 2.20 bits per heavy atom. The summed E-state index contributed by atoms with van der Waals surface area (Å²) < 4.78 is 1.17. The van der Waals surface area contributed by atoms with E-state index < -0.39 is 0 Å². The van der Waals surface area contributed by atoms with E-state index in [1.165, 1.54) is 35.7 Å². The van der Waals surface area contributed by atoms with Crippen LogP contribution in [0.2, 0.25) is 5.02 Å². The van der Waals surface area contributed by atoms with Gasteiger partial charge in [-0.15, -0.1) is 0 Å². The molecular weight excluding hydrogens is 334 g/mol. The molecular formula is C17H25BrClN. The summed E-state index contributed by atoms with van der Waals surface area (Å²) in [7, 11) is 0.